The van der Waals surface area contributed by atoms with E-state index in [-0.39, 0.29) is 5.82 Å². The molecule has 2 rings (SSSR count). The van der Waals surface area contributed by atoms with Gasteiger partial charge in [-0.2, -0.15) is 0 Å². The normalized spacial score (nSPS) is 15.3. The fraction of sp³-hybridized carbons (Fsp3) is 0.455. The molecular formula is C11H15FN2. The molecule has 1 N–H and O–H groups in total. The summed E-state index contributed by atoms with van der Waals surface area (Å²) in [6.45, 7) is 6.17. The predicted octanol–water partition coefficient (Wildman–Crippen LogP) is 2.47. The lowest BCUT2D eigenvalue weighted by molar-refractivity contribution is 0.624. The molecule has 0 spiro atoms. The van der Waals surface area contributed by atoms with Gasteiger partial charge in [0.1, 0.15) is 5.82 Å². The van der Waals surface area contributed by atoms with Gasteiger partial charge in [0.15, 0.2) is 0 Å². The molecule has 0 aliphatic carbocycles. The number of nitrogens with one attached hydrogen (secondary N) is 1. The van der Waals surface area contributed by atoms with Crippen molar-refractivity contribution in [3.05, 3.63) is 24.0 Å². The summed E-state index contributed by atoms with van der Waals surface area (Å²) in [7, 11) is 0. The summed E-state index contributed by atoms with van der Waals surface area (Å²) >= 11 is 0. The van der Waals surface area contributed by atoms with Gasteiger partial charge in [-0.05, 0) is 32.0 Å². The second-order valence-electron chi connectivity index (χ2n) is 3.88. The van der Waals surface area contributed by atoms with Crippen LogP contribution in [0.25, 0.3) is 0 Å². The van der Waals surface area contributed by atoms with E-state index in [1.54, 1.807) is 6.07 Å². The zero-order valence-electron chi connectivity index (χ0n) is 8.55. The van der Waals surface area contributed by atoms with Gasteiger partial charge in [0, 0.05) is 19.1 Å². The third-order valence-electron chi connectivity index (χ3n) is 2.56. The number of fused-ring (bicyclic) bond motifs is 1. The van der Waals surface area contributed by atoms with Gasteiger partial charge >= 0.3 is 0 Å². The van der Waals surface area contributed by atoms with Crippen LogP contribution in [-0.2, 0) is 0 Å². The maximum Gasteiger partial charge on any atom is 0.125 e. The Bertz CT molecular complexity index is 336. The van der Waals surface area contributed by atoms with Gasteiger partial charge in [-0.25, -0.2) is 4.39 Å². The van der Waals surface area contributed by atoms with Crippen molar-refractivity contribution >= 4 is 11.4 Å². The van der Waals surface area contributed by atoms with E-state index in [1.165, 1.54) is 6.07 Å². The highest BCUT2D eigenvalue weighted by Crippen LogP contribution is 2.30. The first kappa shape index (κ1) is 9.31. The second kappa shape index (κ2) is 3.48. The molecule has 0 atom stereocenters. The molecule has 0 bridgehead atoms. The molecule has 1 aromatic rings. The van der Waals surface area contributed by atoms with Gasteiger partial charge in [0.05, 0.1) is 11.4 Å². The third-order valence-corrected chi connectivity index (χ3v) is 2.56. The average Bonchev–Trinajstić information content (AvgIpc) is 2.16. The lowest BCUT2D eigenvalue weighted by atomic mass is 10.1. The molecule has 0 fully saturated rings. The van der Waals surface area contributed by atoms with Crippen molar-refractivity contribution in [2.75, 3.05) is 23.3 Å². The van der Waals surface area contributed by atoms with Crippen molar-refractivity contribution < 1.29 is 4.39 Å². The first-order valence-corrected chi connectivity index (χ1v) is 4.98. The van der Waals surface area contributed by atoms with Crippen LogP contribution in [-0.4, -0.2) is 19.1 Å². The Morgan fingerprint density at radius 1 is 1.43 bits per heavy atom. The quantitative estimate of drug-likeness (QED) is 0.738. The van der Waals surface area contributed by atoms with Crippen LogP contribution in [0, 0.1) is 5.82 Å². The highest BCUT2D eigenvalue weighted by atomic mass is 19.1. The molecule has 2 nitrogen and oxygen atoms in total. The van der Waals surface area contributed by atoms with Crippen LogP contribution in [0.1, 0.15) is 13.8 Å². The van der Waals surface area contributed by atoms with Crippen LogP contribution in [0.4, 0.5) is 15.8 Å². The number of hydrogen-bond acceptors (Lipinski definition) is 2. The average molecular weight is 194 g/mol. The predicted molar refractivity (Wildman–Crippen MR) is 57.4 cm³/mol. The van der Waals surface area contributed by atoms with E-state index in [4.69, 9.17) is 0 Å². The van der Waals surface area contributed by atoms with Crippen LogP contribution in [0.2, 0.25) is 0 Å². The summed E-state index contributed by atoms with van der Waals surface area (Å²) in [4.78, 5) is 2.28. The van der Waals surface area contributed by atoms with E-state index in [2.05, 4.69) is 24.1 Å². The first-order chi connectivity index (χ1) is 6.68. The monoisotopic (exact) mass is 194 g/mol. The van der Waals surface area contributed by atoms with Gasteiger partial charge < -0.3 is 10.2 Å². The Balaban J connectivity index is 2.40. The minimum Gasteiger partial charge on any atom is -0.382 e. The van der Waals surface area contributed by atoms with E-state index >= 15 is 0 Å². The zero-order valence-corrected chi connectivity index (χ0v) is 8.55. The van der Waals surface area contributed by atoms with E-state index in [1.807, 2.05) is 6.07 Å². The van der Waals surface area contributed by atoms with Gasteiger partial charge in [-0.1, -0.05) is 0 Å². The fourth-order valence-corrected chi connectivity index (χ4v) is 1.87. The summed E-state index contributed by atoms with van der Waals surface area (Å²) in [5.74, 6) is -0.179. The molecule has 1 aromatic carbocycles. The molecule has 14 heavy (non-hydrogen) atoms. The second-order valence-corrected chi connectivity index (χ2v) is 3.88. The molecule has 0 saturated carbocycles. The van der Waals surface area contributed by atoms with E-state index in [9.17, 15) is 4.39 Å². The molecule has 1 aliphatic rings. The highest BCUT2D eigenvalue weighted by Gasteiger charge is 2.18. The van der Waals surface area contributed by atoms with Crippen molar-refractivity contribution in [1.29, 1.82) is 0 Å². The Kier molecular flexibility index (Phi) is 2.32. The number of halogens is 1. The summed E-state index contributed by atoms with van der Waals surface area (Å²) < 4.78 is 13.0. The summed E-state index contributed by atoms with van der Waals surface area (Å²) in [6.07, 6.45) is 0. The topological polar surface area (TPSA) is 15.3 Å². The fourth-order valence-electron chi connectivity index (χ4n) is 1.87. The van der Waals surface area contributed by atoms with Crippen molar-refractivity contribution in [2.24, 2.45) is 0 Å². The Labute approximate surface area is 83.7 Å². The van der Waals surface area contributed by atoms with Crippen LogP contribution in [0.3, 0.4) is 0 Å². The van der Waals surface area contributed by atoms with Gasteiger partial charge in [-0.3, -0.25) is 0 Å². The zero-order chi connectivity index (χ0) is 10.1. The SMILES string of the molecule is CC(C)N1CCNc2cc(F)ccc21. The highest BCUT2D eigenvalue weighted by molar-refractivity contribution is 5.72. The van der Waals surface area contributed by atoms with Crippen LogP contribution >= 0.6 is 0 Å². The van der Waals surface area contributed by atoms with Crippen LogP contribution < -0.4 is 10.2 Å². The lowest BCUT2D eigenvalue weighted by Crippen LogP contribution is -2.38. The van der Waals surface area contributed by atoms with Crippen LogP contribution in [0.5, 0.6) is 0 Å². The molecule has 0 amide bonds. The van der Waals surface area contributed by atoms with Crippen molar-refractivity contribution in [1.82, 2.24) is 0 Å². The minimum absolute atomic E-state index is 0.179. The maximum absolute atomic E-state index is 13.0. The Morgan fingerprint density at radius 3 is 2.93 bits per heavy atom. The van der Waals surface area contributed by atoms with E-state index in [0.717, 1.165) is 24.5 Å². The van der Waals surface area contributed by atoms with E-state index in [0.29, 0.717) is 6.04 Å². The number of rotatable bonds is 1. The number of anilines is 2. The summed E-state index contributed by atoms with van der Waals surface area (Å²) in [6, 6.07) is 5.38. The summed E-state index contributed by atoms with van der Waals surface area (Å²) in [5.41, 5.74) is 2.01. The van der Waals surface area contributed by atoms with Gasteiger partial charge in [0.2, 0.25) is 0 Å². The summed E-state index contributed by atoms with van der Waals surface area (Å²) in [5, 5.41) is 3.21. The molecule has 1 aliphatic heterocycles. The standard InChI is InChI=1S/C11H15FN2/c1-8(2)14-6-5-13-10-7-9(12)3-4-11(10)14/h3-4,7-8,13H,5-6H2,1-2H3. The van der Waals surface area contributed by atoms with Gasteiger partial charge in [0.25, 0.3) is 0 Å². The largest absolute Gasteiger partial charge is 0.382 e. The van der Waals surface area contributed by atoms with Gasteiger partial charge in [-0.15, -0.1) is 0 Å². The molecule has 3 heteroatoms. The van der Waals surface area contributed by atoms with Crippen LogP contribution in [0.15, 0.2) is 18.2 Å². The molecular weight excluding hydrogens is 179 g/mol. The van der Waals surface area contributed by atoms with Crippen molar-refractivity contribution in [3.63, 3.8) is 0 Å². The lowest BCUT2D eigenvalue weighted by Gasteiger charge is -2.35. The van der Waals surface area contributed by atoms with Crippen molar-refractivity contribution in [2.45, 2.75) is 19.9 Å². The maximum atomic E-state index is 13.0. The Morgan fingerprint density at radius 2 is 2.21 bits per heavy atom. The third kappa shape index (κ3) is 1.54. The molecule has 76 valence electrons. The Hall–Kier alpha value is -1.25. The van der Waals surface area contributed by atoms with Crippen molar-refractivity contribution in [3.8, 4) is 0 Å². The number of benzene rings is 1. The number of hydrogen-bond donors (Lipinski definition) is 1. The molecule has 0 aromatic heterocycles. The molecule has 0 unspecified atom stereocenters. The minimum atomic E-state index is -0.179. The van der Waals surface area contributed by atoms with E-state index < -0.39 is 0 Å². The molecule has 1 heterocycles. The molecule has 0 radical (unpaired) electrons. The first-order valence-electron chi connectivity index (χ1n) is 4.98. The molecule has 0 saturated heterocycles. The smallest absolute Gasteiger partial charge is 0.125 e. The number of nitrogens with zero attached hydrogens (tertiary/aromatic N) is 1.